The highest BCUT2D eigenvalue weighted by Crippen LogP contribution is 2.03. The van der Waals surface area contributed by atoms with Crippen LogP contribution in [0.25, 0.3) is 0 Å². The van der Waals surface area contributed by atoms with Gasteiger partial charge in [-0.1, -0.05) is 30.3 Å². The molecule has 8 heteroatoms. The molecule has 8 nitrogen and oxygen atoms in total. The fourth-order valence-corrected chi connectivity index (χ4v) is 1.42. The quantitative estimate of drug-likeness (QED) is 0.754. The maximum Gasteiger partial charge on any atom is 0.414 e. The van der Waals surface area contributed by atoms with E-state index in [1.54, 1.807) is 0 Å². The highest BCUT2D eigenvalue weighted by atomic mass is 16.5. The van der Waals surface area contributed by atoms with E-state index in [-0.39, 0.29) is 24.8 Å². The minimum atomic E-state index is -1.04. The molecule has 0 aliphatic heterocycles. The summed E-state index contributed by atoms with van der Waals surface area (Å²) in [6, 6.07) is 9.19. The first-order valence-electron chi connectivity index (χ1n) is 5.74. The second-order valence-electron chi connectivity index (χ2n) is 3.86. The van der Waals surface area contributed by atoms with Crippen molar-refractivity contribution in [3.8, 4) is 0 Å². The Kier molecular flexibility index (Phi) is 4.28. The van der Waals surface area contributed by atoms with Crippen molar-refractivity contribution in [2.24, 2.45) is 0 Å². The van der Waals surface area contributed by atoms with Gasteiger partial charge in [-0.2, -0.15) is 4.98 Å². The van der Waals surface area contributed by atoms with E-state index in [0.717, 1.165) is 5.56 Å². The molecule has 0 unspecified atom stereocenters. The fraction of sp³-hybridized carbons (Fsp3) is 0.167. The molecule has 0 atom stereocenters. The maximum absolute atomic E-state index is 11.5. The van der Waals surface area contributed by atoms with Crippen LogP contribution in [0, 0.1) is 0 Å². The molecule has 3 N–H and O–H groups in total. The SMILES string of the molecule is O=C(O)Cc1nc(NC(=O)OCc2ccccc2)n[nH]1. The highest BCUT2D eigenvalue weighted by molar-refractivity contribution is 5.82. The lowest BCUT2D eigenvalue weighted by molar-refractivity contribution is -0.136. The van der Waals surface area contributed by atoms with Gasteiger partial charge >= 0.3 is 12.1 Å². The summed E-state index contributed by atoms with van der Waals surface area (Å²) in [5.41, 5.74) is 0.851. The lowest BCUT2D eigenvalue weighted by Crippen LogP contribution is -2.14. The molecule has 0 saturated carbocycles. The second kappa shape index (κ2) is 6.32. The van der Waals surface area contributed by atoms with Crippen LogP contribution in [0.2, 0.25) is 0 Å². The van der Waals surface area contributed by atoms with Gasteiger partial charge in [-0.3, -0.25) is 15.2 Å². The van der Waals surface area contributed by atoms with Crippen LogP contribution in [0.15, 0.2) is 30.3 Å². The van der Waals surface area contributed by atoms with Gasteiger partial charge in [0.05, 0.1) is 0 Å². The Morgan fingerprint density at radius 3 is 2.75 bits per heavy atom. The fourth-order valence-electron chi connectivity index (χ4n) is 1.42. The van der Waals surface area contributed by atoms with E-state index in [1.165, 1.54) is 0 Å². The first-order chi connectivity index (χ1) is 9.63. The number of amides is 1. The first kappa shape index (κ1) is 13.5. The Labute approximate surface area is 113 Å². The van der Waals surface area contributed by atoms with Gasteiger partial charge in [-0.05, 0) is 5.56 Å². The summed E-state index contributed by atoms with van der Waals surface area (Å²) in [6.07, 6.45) is -1.01. The number of benzene rings is 1. The molecule has 0 spiro atoms. The van der Waals surface area contributed by atoms with Crippen LogP contribution >= 0.6 is 0 Å². The molecule has 0 fully saturated rings. The van der Waals surface area contributed by atoms with Crippen LogP contribution in [0.1, 0.15) is 11.4 Å². The molecule has 0 aliphatic carbocycles. The summed E-state index contributed by atoms with van der Waals surface area (Å²) >= 11 is 0. The van der Waals surface area contributed by atoms with Crippen molar-refractivity contribution in [3.63, 3.8) is 0 Å². The van der Waals surface area contributed by atoms with Gasteiger partial charge in [0.2, 0.25) is 0 Å². The van der Waals surface area contributed by atoms with Gasteiger partial charge in [0, 0.05) is 0 Å². The highest BCUT2D eigenvalue weighted by Gasteiger charge is 2.10. The molecule has 1 aromatic carbocycles. The van der Waals surface area contributed by atoms with Crippen molar-refractivity contribution in [2.75, 3.05) is 5.32 Å². The molecule has 1 aromatic heterocycles. The molecule has 0 radical (unpaired) electrons. The molecule has 20 heavy (non-hydrogen) atoms. The number of carbonyl (C=O) groups excluding carboxylic acids is 1. The van der Waals surface area contributed by atoms with E-state index in [0.29, 0.717) is 0 Å². The molecule has 0 aliphatic rings. The number of hydrogen-bond acceptors (Lipinski definition) is 5. The summed E-state index contributed by atoms with van der Waals surface area (Å²) in [5, 5.41) is 16.9. The van der Waals surface area contributed by atoms with Crippen LogP contribution in [0.4, 0.5) is 10.7 Å². The Morgan fingerprint density at radius 2 is 2.05 bits per heavy atom. The van der Waals surface area contributed by atoms with Gasteiger partial charge in [-0.15, -0.1) is 5.10 Å². The Hall–Kier alpha value is -2.90. The normalized spacial score (nSPS) is 10.0. The van der Waals surface area contributed by atoms with Gasteiger partial charge in [0.1, 0.15) is 18.9 Å². The third kappa shape index (κ3) is 4.09. The lowest BCUT2D eigenvalue weighted by atomic mass is 10.2. The van der Waals surface area contributed by atoms with Crippen LogP contribution < -0.4 is 5.32 Å². The number of nitrogens with one attached hydrogen (secondary N) is 2. The van der Waals surface area contributed by atoms with Gasteiger partial charge in [-0.25, -0.2) is 4.79 Å². The standard InChI is InChI=1S/C12H12N4O4/c17-10(18)6-9-13-11(16-15-9)14-12(19)20-7-8-4-2-1-3-5-8/h1-5H,6-7H2,(H,17,18)(H2,13,14,15,16,19). The van der Waals surface area contributed by atoms with E-state index >= 15 is 0 Å². The van der Waals surface area contributed by atoms with Crippen molar-refractivity contribution < 1.29 is 19.4 Å². The van der Waals surface area contributed by atoms with Crippen LogP contribution in [-0.2, 0) is 22.6 Å². The predicted molar refractivity (Wildman–Crippen MR) is 68.0 cm³/mol. The molecule has 1 amide bonds. The molecular formula is C12H12N4O4. The number of H-pyrrole nitrogens is 1. The van der Waals surface area contributed by atoms with Crippen molar-refractivity contribution >= 4 is 18.0 Å². The number of anilines is 1. The number of carboxylic acid groups (broad SMARTS) is 1. The Morgan fingerprint density at radius 1 is 1.30 bits per heavy atom. The van der Waals surface area contributed by atoms with E-state index in [9.17, 15) is 9.59 Å². The number of hydrogen-bond donors (Lipinski definition) is 3. The zero-order valence-electron chi connectivity index (χ0n) is 10.4. The van der Waals surface area contributed by atoms with Crippen molar-refractivity contribution in [2.45, 2.75) is 13.0 Å². The third-order valence-electron chi connectivity index (χ3n) is 2.28. The predicted octanol–water partition coefficient (Wildman–Crippen LogP) is 1.18. The smallest absolute Gasteiger partial charge is 0.414 e. The number of aromatic amines is 1. The number of carboxylic acids is 1. The average Bonchev–Trinajstić information content (AvgIpc) is 2.84. The summed E-state index contributed by atoms with van der Waals surface area (Å²) in [6.45, 7) is 0.124. The molecule has 104 valence electrons. The molecule has 2 rings (SSSR count). The number of aliphatic carboxylic acids is 1. The molecule has 0 saturated heterocycles. The topological polar surface area (TPSA) is 117 Å². The van der Waals surface area contributed by atoms with Gasteiger partial charge < -0.3 is 9.84 Å². The summed E-state index contributed by atoms with van der Waals surface area (Å²) in [5.74, 6) is -0.922. The molecule has 0 bridgehead atoms. The summed E-state index contributed by atoms with van der Waals surface area (Å²) < 4.78 is 4.96. The van der Waals surface area contributed by atoms with Crippen molar-refractivity contribution in [3.05, 3.63) is 41.7 Å². The Bertz CT molecular complexity index is 597. The zero-order chi connectivity index (χ0) is 14.4. The second-order valence-corrected chi connectivity index (χ2v) is 3.86. The first-order valence-corrected chi connectivity index (χ1v) is 5.74. The monoisotopic (exact) mass is 276 g/mol. The van der Waals surface area contributed by atoms with Crippen molar-refractivity contribution in [1.29, 1.82) is 0 Å². The number of aromatic nitrogens is 3. The zero-order valence-corrected chi connectivity index (χ0v) is 10.4. The number of nitrogens with zero attached hydrogens (tertiary/aromatic N) is 2. The number of carbonyl (C=O) groups is 2. The van der Waals surface area contributed by atoms with E-state index in [1.807, 2.05) is 30.3 Å². The van der Waals surface area contributed by atoms with E-state index in [2.05, 4.69) is 20.5 Å². The van der Waals surface area contributed by atoms with Crippen molar-refractivity contribution in [1.82, 2.24) is 15.2 Å². The van der Waals surface area contributed by atoms with Gasteiger partial charge in [0.25, 0.3) is 5.95 Å². The van der Waals surface area contributed by atoms with Gasteiger partial charge in [0.15, 0.2) is 0 Å². The largest absolute Gasteiger partial charge is 0.481 e. The third-order valence-corrected chi connectivity index (χ3v) is 2.28. The average molecular weight is 276 g/mol. The number of ether oxygens (including phenoxy) is 1. The van der Waals surface area contributed by atoms with Crippen LogP contribution in [0.3, 0.4) is 0 Å². The summed E-state index contributed by atoms with van der Waals surface area (Å²) in [4.78, 5) is 25.7. The van der Waals surface area contributed by atoms with E-state index < -0.39 is 12.1 Å². The van der Waals surface area contributed by atoms with Crippen LogP contribution in [0.5, 0.6) is 0 Å². The van der Waals surface area contributed by atoms with Crippen LogP contribution in [-0.4, -0.2) is 32.4 Å². The molecule has 2 aromatic rings. The molecule has 1 heterocycles. The maximum atomic E-state index is 11.5. The minimum absolute atomic E-state index is 0.0284. The number of rotatable bonds is 5. The Balaban J connectivity index is 1.82. The summed E-state index contributed by atoms with van der Waals surface area (Å²) in [7, 11) is 0. The minimum Gasteiger partial charge on any atom is -0.481 e. The van der Waals surface area contributed by atoms with E-state index in [4.69, 9.17) is 9.84 Å². The molecular weight excluding hydrogens is 264 g/mol. The lowest BCUT2D eigenvalue weighted by Gasteiger charge is -2.03.